The number of aromatic nitrogens is 1. The van der Waals surface area contributed by atoms with Crippen molar-refractivity contribution in [3.05, 3.63) is 70.0 Å². The molecule has 0 bridgehead atoms. The zero-order valence-electron chi connectivity index (χ0n) is 13.0. The van der Waals surface area contributed by atoms with Crippen molar-refractivity contribution in [2.45, 2.75) is 19.8 Å². The minimum atomic E-state index is -0.449. The monoisotopic (exact) mass is 313 g/mol. The van der Waals surface area contributed by atoms with Crippen LogP contribution in [0, 0.1) is 10.1 Å². The Kier molecular flexibility index (Phi) is 5.80. The summed E-state index contributed by atoms with van der Waals surface area (Å²) in [7, 11) is 0. The largest absolute Gasteiger partial charge is 0.342 e. The number of carbonyl (C=O) groups is 1. The smallest absolute Gasteiger partial charge is 0.273 e. The third kappa shape index (κ3) is 4.60. The van der Waals surface area contributed by atoms with Crippen LogP contribution < -0.4 is 0 Å². The fourth-order valence-electron chi connectivity index (χ4n) is 2.39. The number of pyridine rings is 1. The molecule has 23 heavy (non-hydrogen) atoms. The van der Waals surface area contributed by atoms with Gasteiger partial charge in [0.1, 0.15) is 0 Å². The van der Waals surface area contributed by atoms with Crippen molar-refractivity contribution in [2.24, 2.45) is 0 Å². The predicted molar refractivity (Wildman–Crippen MR) is 87.0 cm³/mol. The first kappa shape index (κ1) is 16.6. The van der Waals surface area contributed by atoms with Gasteiger partial charge in [0.15, 0.2) is 0 Å². The molecule has 0 aliphatic heterocycles. The SMILES string of the molecule is CCN(CCc1ccncc1)C(=O)Cc1ccccc1[N+](=O)[O-]. The third-order valence-electron chi connectivity index (χ3n) is 3.68. The van der Waals surface area contributed by atoms with Gasteiger partial charge in [0.25, 0.3) is 5.69 Å². The second-order valence-electron chi connectivity index (χ2n) is 5.14. The molecule has 1 aromatic heterocycles. The highest BCUT2D eigenvalue weighted by atomic mass is 16.6. The molecule has 0 saturated heterocycles. The number of nitrogens with zero attached hydrogens (tertiary/aromatic N) is 3. The maximum Gasteiger partial charge on any atom is 0.273 e. The van der Waals surface area contributed by atoms with Crippen molar-refractivity contribution >= 4 is 11.6 Å². The molecule has 1 amide bonds. The maximum absolute atomic E-state index is 12.4. The summed E-state index contributed by atoms with van der Waals surface area (Å²) in [5.41, 5.74) is 1.55. The molecule has 0 aliphatic rings. The molecule has 1 heterocycles. The summed E-state index contributed by atoms with van der Waals surface area (Å²) < 4.78 is 0. The summed E-state index contributed by atoms with van der Waals surface area (Å²) in [4.78, 5) is 28.7. The number of carbonyl (C=O) groups excluding carboxylic acids is 1. The molecule has 0 radical (unpaired) electrons. The van der Waals surface area contributed by atoms with Crippen molar-refractivity contribution < 1.29 is 9.72 Å². The molecule has 0 fully saturated rings. The molecule has 2 aromatic rings. The van der Waals surface area contributed by atoms with Crippen LogP contribution in [0.1, 0.15) is 18.1 Å². The lowest BCUT2D eigenvalue weighted by molar-refractivity contribution is -0.385. The van der Waals surface area contributed by atoms with Crippen LogP contribution in [0.15, 0.2) is 48.8 Å². The van der Waals surface area contributed by atoms with Gasteiger partial charge in [-0.2, -0.15) is 0 Å². The van der Waals surface area contributed by atoms with Crippen LogP contribution >= 0.6 is 0 Å². The highest BCUT2D eigenvalue weighted by Crippen LogP contribution is 2.18. The Balaban J connectivity index is 2.02. The average molecular weight is 313 g/mol. The normalized spacial score (nSPS) is 10.3. The molecule has 6 heteroatoms. The van der Waals surface area contributed by atoms with Gasteiger partial charge in [0, 0.05) is 37.1 Å². The lowest BCUT2D eigenvalue weighted by atomic mass is 10.1. The van der Waals surface area contributed by atoms with Crippen molar-refractivity contribution in [1.29, 1.82) is 0 Å². The summed E-state index contributed by atoms with van der Waals surface area (Å²) in [6, 6.07) is 10.2. The zero-order valence-corrected chi connectivity index (χ0v) is 13.0. The zero-order chi connectivity index (χ0) is 16.7. The van der Waals surface area contributed by atoms with Crippen LogP contribution in [-0.2, 0) is 17.6 Å². The third-order valence-corrected chi connectivity index (χ3v) is 3.68. The Hall–Kier alpha value is -2.76. The minimum Gasteiger partial charge on any atom is -0.342 e. The number of para-hydroxylation sites is 1. The number of hydrogen-bond acceptors (Lipinski definition) is 4. The van der Waals surface area contributed by atoms with Crippen LogP contribution in [0.4, 0.5) is 5.69 Å². The van der Waals surface area contributed by atoms with E-state index in [1.165, 1.54) is 6.07 Å². The molecule has 2 rings (SSSR count). The van der Waals surface area contributed by atoms with Crippen molar-refractivity contribution in [3.63, 3.8) is 0 Å². The van der Waals surface area contributed by atoms with Gasteiger partial charge in [0.05, 0.1) is 11.3 Å². The lowest BCUT2D eigenvalue weighted by Gasteiger charge is -2.21. The maximum atomic E-state index is 12.4. The van der Waals surface area contributed by atoms with Gasteiger partial charge in [-0.3, -0.25) is 19.9 Å². The molecule has 0 atom stereocenters. The Bertz CT molecular complexity index is 674. The van der Waals surface area contributed by atoms with Crippen LogP contribution in [0.3, 0.4) is 0 Å². The van der Waals surface area contributed by atoms with Gasteiger partial charge >= 0.3 is 0 Å². The number of likely N-dealkylation sites (N-methyl/N-ethyl adjacent to an activating group) is 1. The van der Waals surface area contributed by atoms with E-state index in [4.69, 9.17) is 0 Å². The molecule has 1 aromatic carbocycles. The molecule has 120 valence electrons. The van der Waals surface area contributed by atoms with Gasteiger partial charge < -0.3 is 4.90 Å². The van der Waals surface area contributed by atoms with Gasteiger partial charge in [-0.25, -0.2) is 0 Å². The fraction of sp³-hybridized carbons (Fsp3) is 0.294. The van der Waals surface area contributed by atoms with Crippen LogP contribution in [0.2, 0.25) is 0 Å². The van der Waals surface area contributed by atoms with E-state index < -0.39 is 4.92 Å². The number of rotatable bonds is 7. The second-order valence-corrected chi connectivity index (χ2v) is 5.14. The summed E-state index contributed by atoms with van der Waals surface area (Å²) in [6.45, 7) is 3.06. The Morgan fingerprint density at radius 2 is 1.91 bits per heavy atom. The molecular weight excluding hydrogens is 294 g/mol. The number of hydrogen-bond donors (Lipinski definition) is 0. The highest BCUT2D eigenvalue weighted by Gasteiger charge is 2.18. The predicted octanol–water partition coefficient (Wildman–Crippen LogP) is 2.62. The Morgan fingerprint density at radius 1 is 1.22 bits per heavy atom. The van der Waals surface area contributed by atoms with Crippen LogP contribution in [0.25, 0.3) is 0 Å². The molecule has 0 spiro atoms. The first-order valence-electron chi connectivity index (χ1n) is 7.50. The van der Waals surface area contributed by atoms with E-state index in [0.29, 0.717) is 18.7 Å². The second kappa shape index (κ2) is 8.03. The summed E-state index contributed by atoms with van der Waals surface area (Å²) in [5.74, 6) is -0.101. The van der Waals surface area contributed by atoms with E-state index in [1.54, 1.807) is 35.5 Å². The fourth-order valence-corrected chi connectivity index (χ4v) is 2.39. The van der Waals surface area contributed by atoms with Crippen LogP contribution in [-0.4, -0.2) is 33.8 Å². The Morgan fingerprint density at radius 3 is 2.57 bits per heavy atom. The molecule has 0 saturated carbocycles. The lowest BCUT2D eigenvalue weighted by Crippen LogP contribution is -2.34. The molecular formula is C17H19N3O3. The number of amides is 1. The van der Waals surface area contributed by atoms with E-state index >= 15 is 0 Å². The molecule has 0 N–H and O–H groups in total. The van der Waals surface area contributed by atoms with E-state index in [9.17, 15) is 14.9 Å². The first-order valence-corrected chi connectivity index (χ1v) is 7.50. The van der Waals surface area contributed by atoms with Crippen molar-refractivity contribution in [3.8, 4) is 0 Å². The van der Waals surface area contributed by atoms with E-state index in [0.717, 1.165) is 12.0 Å². The van der Waals surface area contributed by atoms with Gasteiger partial charge in [-0.1, -0.05) is 18.2 Å². The minimum absolute atomic E-state index is 0.00830. The quantitative estimate of drug-likeness (QED) is 0.581. The Labute approximate surface area is 134 Å². The van der Waals surface area contributed by atoms with Crippen LogP contribution in [0.5, 0.6) is 0 Å². The first-order chi connectivity index (χ1) is 11.1. The topological polar surface area (TPSA) is 76.3 Å². The number of nitro groups is 1. The summed E-state index contributed by atoms with van der Waals surface area (Å²) >= 11 is 0. The van der Waals surface area contributed by atoms with E-state index in [1.807, 2.05) is 19.1 Å². The average Bonchev–Trinajstić information content (AvgIpc) is 2.56. The van der Waals surface area contributed by atoms with Crippen molar-refractivity contribution in [2.75, 3.05) is 13.1 Å². The van der Waals surface area contributed by atoms with Gasteiger partial charge in [-0.15, -0.1) is 0 Å². The molecule has 0 unspecified atom stereocenters. The van der Waals surface area contributed by atoms with Crippen molar-refractivity contribution in [1.82, 2.24) is 9.88 Å². The standard InChI is InChI=1S/C17H19N3O3/c1-2-19(12-9-14-7-10-18-11-8-14)17(21)13-15-5-3-4-6-16(15)20(22)23/h3-8,10-11H,2,9,12-13H2,1H3. The van der Waals surface area contributed by atoms with Gasteiger partial charge in [-0.05, 0) is 31.0 Å². The molecule has 6 nitrogen and oxygen atoms in total. The van der Waals surface area contributed by atoms with E-state index in [-0.39, 0.29) is 18.0 Å². The molecule has 0 aliphatic carbocycles. The number of benzene rings is 1. The summed E-state index contributed by atoms with van der Waals surface area (Å²) in [6.07, 6.45) is 4.22. The summed E-state index contributed by atoms with van der Waals surface area (Å²) in [5, 5.41) is 11.0. The van der Waals surface area contributed by atoms with Gasteiger partial charge in [0.2, 0.25) is 5.91 Å². The number of nitro benzene ring substituents is 1. The highest BCUT2D eigenvalue weighted by molar-refractivity contribution is 5.80. The van der Waals surface area contributed by atoms with E-state index in [2.05, 4.69) is 4.98 Å².